The normalized spacial score (nSPS) is 12.6. The van der Waals surface area contributed by atoms with E-state index in [1.54, 1.807) is 4.68 Å². The SMILES string of the molecule is CCc1cc(C(O)C=C(C)C)n(C)n1. The van der Waals surface area contributed by atoms with Gasteiger partial charge in [0.2, 0.25) is 0 Å². The number of aliphatic hydroxyl groups is 1. The molecule has 0 amide bonds. The third-order valence-electron chi connectivity index (χ3n) is 2.12. The van der Waals surface area contributed by atoms with Gasteiger partial charge in [-0.2, -0.15) is 5.10 Å². The standard InChI is InChI=1S/C11H18N2O/c1-5-9-7-10(13(4)12-9)11(14)6-8(2)3/h6-7,11,14H,5H2,1-4H3. The van der Waals surface area contributed by atoms with Crippen LogP contribution in [-0.2, 0) is 13.5 Å². The minimum Gasteiger partial charge on any atom is -0.383 e. The second kappa shape index (κ2) is 4.42. The van der Waals surface area contributed by atoms with Crippen molar-refractivity contribution in [2.45, 2.75) is 33.3 Å². The smallest absolute Gasteiger partial charge is 0.114 e. The van der Waals surface area contributed by atoms with Gasteiger partial charge >= 0.3 is 0 Å². The van der Waals surface area contributed by atoms with Crippen LogP contribution in [0.3, 0.4) is 0 Å². The molecule has 0 aliphatic heterocycles. The third kappa shape index (κ3) is 2.45. The number of allylic oxidation sites excluding steroid dienone is 1. The molecule has 0 aliphatic rings. The van der Waals surface area contributed by atoms with Crippen molar-refractivity contribution in [3.63, 3.8) is 0 Å². The summed E-state index contributed by atoms with van der Waals surface area (Å²) in [6, 6.07) is 1.95. The van der Waals surface area contributed by atoms with Gasteiger partial charge in [0.15, 0.2) is 0 Å². The molecule has 78 valence electrons. The van der Waals surface area contributed by atoms with E-state index in [1.807, 2.05) is 33.0 Å². The van der Waals surface area contributed by atoms with Crippen LogP contribution in [0.2, 0.25) is 0 Å². The molecule has 1 rings (SSSR count). The van der Waals surface area contributed by atoms with Crippen molar-refractivity contribution in [1.29, 1.82) is 0 Å². The number of nitrogens with zero attached hydrogens (tertiary/aromatic N) is 2. The molecular weight excluding hydrogens is 176 g/mol. The average Bonchev–Trinajstić information content (AvgIpc) is 2.45. The first-order valence-corrected chi connectivity index (χ1v) is 4.90. The maximum Gasteiger partial charge on any atom is 0.114 e. The fourth-order valence-corrected chi connectivity index (χ4v) is 1.39. The van der Waals surface area contributed by atoms with E-state index in [0.29, 0.717) is 0 Å². The Bertz CT molecular complexity index is 335. The molecule has 0 saturated carbocycles. The topological polar surface area (TPSA) is 38.0 Å². The fraction of sp³-hybridized carbons (Fsp3) is 0.545. The quantitative estimate of drug-likeness (QED) is 0.747. The van der Waals surface area contributed by atoms with Crippen molar-refractivity contribution >= 4 is 0 Å². The van der Waals surface area contributed by atoms with Crippen LogP contribution < -0.4 is 0 Å². The molecule has 0 radical (unpaired) electrons. The van der Waals surface area contributed by atoms with Crippen molar-refractivity contribution in [1.82, 2.24) is 9.78 Å². The zero-order chi connectivity index (χ0) is 10.7. The van der Waals surface area contributed by atoms with E-state index in [2.05, 4.69) is 12.0 Å². The highest BCUT2D eigenvalue weighted by atomic mass is 16.3. The Hall–Kier alpha value is -1.09. The van der Waals surface area contributed by atoms with Crippen LogP contribution in [0.5, 0.6) is 0 Å². The summed E-state index contributed by atoms with van der Waals surface area (Å²) in [4.78, 5) is 0. The van der Waals surface area contributed by atoms with Gasteiger partial charge in [0, 0.05) is 7.05 Å². The number of aliphatic hydroxyl groups excluding tert-OH is 1. The van der Waals surface area contributed by atoms with Crippen LogP contribution in [0.4, 0.5) is 0 Å². The van der Waals surface area contributed by atoms with Crippen LogP contribution >= 0.6 is 0 Å². The highest BCUT2D eigenvalue weighted by Crippen LogP contribution is 2.16. The summed E-state index contributed by atoms with van der Waals surface area (Å²) in [5.74, 6) is 0. The van der Waals surface area contributed by atoms with Gasteiger partial charge in [-0.1, -0.05) is 18.6 Å². The number of aryl methyl sites for hydroxylation is 2. The summed E-state index contributed by atoms with van der Waals surface area (Å²) in [6.45, 7) is 6.00. The molecule has 1 heterocycles. The van der Waals surface area contributed by atoms with E-state index >= 15 is 0 Å². The van der Waals surface area contributed by atoms with E-state index in [0.717, 1.165) is 23.4 Å². The van der Waals surface area contributed by atoms with Crippen molar-refractivity contribution in [2.75, 3.05) is 0 Å². The Kier molecular flexibility index (Phi) is 3.47. The van der Waals surface area contributed by atoms with E-state index < -0.39 is 6.10 Å². The monoisotopic (exact) mass is 194 g/mol. The zero-order valence-corrected chi connectivity index (χ0v) is 9.28. The molecule has 1 N–H and O–H groups in total. The predicted molar refractivity (Wildman–Crippen MR) is 57.0 cm³/mol. The summed E-state index contributed by atoms with van der Waals surface area (Å²) in [6.07, 6.45) is 2.18. The van der Waals surface area contributed by atoms with Crippen molar-refractivity contribution in [3.8, 4) is 0 Å². The highest BCUT2D eigenvalue weighted by molar-refractivity contribution is 5.17. The molecule has 3 heteroatoms. The molecule has 1 unspecified atom stereocenters. The molecule has 0 aromatic carbocycles. The summed E-state index contributed by atoms with van der Waals surface area (Å²) < 4.78 is 1.74. The van der Waals surface area contributed by atoms with E-state index in [4.69, 9.17) is 0 Å². The maximum atomic E-state index is 9.84. The fourth-order valence-electron chi connectivity index (χ4n) is 1.39. The lowest BCUT2D eigenvalue weighted by molar-refractivity contribution is 0.217. The first-order valence-electron chi connectivity index (χ1n) is 4.90. The summed E-state index contributed by atoms with van der Waals surface area (Å²) in [7, 11) is 1.86. The molecular formula is C11H18N2O. The summed E-state index contributed by atoms with van der Waals surface area (Å²) in [5.41, 5.74) is 2.98. The first-order chi connectivity index (χ1) is 6.54. The Morgan fingerprint density at radius 3 is 2.71 bits per heavy atom. The van der Waals surface area contributed by atoms with E-state index in [1.165, 1.54) is 0 Å². The van der Waals surface area contributed by atoms with Gasteiger partial charge in [0.05, 0.1) is 11.4 Å². The van der Waals surface area contributed by atoms with Crippen LogP contribution in [0.25, 0.3) is 0 Å². The minimum atomic E-state index is -0.544. The van der Waals surface area contributed by atoms with Gasteiger partial charge in [-0.3, -0.25) is 4.68 Å². The minimum absolute atomic E-state index is 0.544. The summed E-state index contributed by atoms with van der Waals surface area (Å²) >= 11 is 0. The molecule has 0 saturated heterocycles. The molecule has 1 aromatic rings. The molecule has 1 atom stereocenters. The number of rotatable bonds is 3. The molecule has 0 spiro atoms. The van der Waals surface area contributed by atoms with Crippen LogP contribution in [0, 0.1) is 0 Å². The lowest BCUT2D eigenvalue weighted by Gasteiger charge is -2.06. The van der Waals surface area contributed by atoms with Gasteiger partial charge in [-0.15, -0.1) is 0 Å². The van der Waals surface area contributed by atoms with Crippen molar-refractivity contribution in [2.24, 2.45) is 7.05 Å². The summed E-state index contributed by atoms with van der Waals surface area (Å²) in [5, 5.41) is 14.1. The molecule has 3 nitrogen and oxygen atoms in total. The predicted octanol–water partition coefficient (Wildman–Crippen LogP) is 1.98. The maximum absolute atomic E-state index is 9.84. The molecule has 0 bridgehead atoms. The average molecular weight is 194 g/mol. The van der Waals surface area contributed by atoms with Crippen LogP contribution in [0.15, 0.2) is 17.7 Å². The second-order valence-electron chi connectivity index (χ2n) is 3.73. The molecule has 0 fully saturated rings. The van der Waals surface area contributed by atoms with Crippen molar-refractivity contribution in [3.05, 3.63) is 29.1 Å². The van der Waals surface area contributed by atoms with Gasteiger partial charge in [-0.25, -0.2) is 0 Å². The van der Waals surface area contributed by atoms with Gasteiger partial charge < -0.3 is 5.11 Å². The first kappa shape index (κ1) is 11.0. The second-order valence-corrected chi connectivity index (χ2v) is 3.73. The van der Waals surface area contributed by atoms with Gasteiger partial charge in [0.25, 0.3) is 0 Å². The Balaban J connectivity index is 2.94. The number of aromatic nitrogens is 2. The van der Waals surface area contributed by atoms with E-state index in [-0.39, 0.29) is 0 Å². The molecule has 0 aliphatic carbocycles. The largest absolute Gasteiger partial charge is 0.383 e. The van der Waals surface area contributed by atoms with Crippen LogP contribution in [-0.4, -0.2) is 14.9 Å². The number of hydrogen-bond acceptors (Lipinski definition) is 2. The van der Waals surface area contributed by atoms with Crippen LogP contribution in [0.1, 0.15) is 38.3 Å². The van der Waals surface area contributed by atoms with Gasteiger partial charge in [0.1, 0.15) is 6.10 Å². The molecule has 1 aromatic heterocycles. The Morgan fingerprint density at radius 2 is 2.29 bits per heavy atom. The Morgan fingerprint density at radius 1 is 1.64 bits per heavy atom. The Labute approximate surface area is 85.1 Å². The third-order valence-corrected chi connectivity index (χ3v) is 2.12. The van der Waals surface area contributed by atoms with Gasteiger partial charge in [-0.05, 0) is 26.3 Å². The highest BCUT2D eigenvalue weighted by Gasteiger charge is 2.10. The van der Waals surface area contributed by atoms with Crippen molar-refractivity contribution < 1.29 is 5.11 Å². The lowest BCUT2D eigenvalue weighted by atomic mass is 10.1. The zero-order valence-electron chi connectivity index (χ0n) is 9.28. The van der Waals surface area contributed by atoms with E-state index in [9.17, 15) is 5.11 Å². The lowest BCUT2D eigenvalue weighted by Crippen LogP contribution is -2.03. The molecule has 14 heavy (non-hydrogen) atoms. The number of hydrogen-bond donors (Lipinski definition) is 1.